The van der Waals surface area contributed by atoms with E-state index in [0.717, 1.165) is 6.42 Å². The molecule has 1 fully saturated rings. The van der Waals surface area contributed by atoms with Crippen LogP contribution >= 0.6 is 0 Å². The Labute approximate surface area is 121 Å². The number of aromatic nitrogens is 3. The van der Waals surface area contributed by atoms with Gasteiger partial charge in [0.25, 0.3) is 0 Å². The van der Waals surface area contributed by atoms with Crippen molar-refractivity contribution in [2.75, 3.05) is 13.7 Å². The van der Waals surface area contributed by atoms with Crippen LogP contribution in [0.15, 0.2) is 0 Å². The molecule has 0 bridgehead atoms. The summed E-state index contributed by atoms with van der Waals surface area (Å²) in [5.41, 5.74) is 5.60. The van der Waals surface area contributed by atoms with Crippen molar-refractivity contribution in [3.63, 3.8) is 0 Å². The van der Waals surface area contributed by atoms with Crippen molar-refractivity contribution in [3.05, 3.63) is 11.6 Å². The quantitative estimate of drug-likeness (QED) is 0.906. The van der Waals surface area contributed by atoms with Gasteiger partial charge in [0.05, 0.1) is 19.1 Å². The van der Waals surface area contributed by atoms with E-state index in [2.05, 4.69) is 10.2 Å². The minimum absolute atomic E-state index is 0.153. The molecule has 1 aromatic rings. The summed E-state index contributed by atoms with van der Waals surface area (Å²) in [6.45, 7) is 0.966. The van der Waals surface area contributed by atoms with Crippen LogP contribution in [0.25, 0.3) is 0 Å². The van der Waals surface area contributed by atoms with Crippen LogP contribution in [-0.4, -0.2) is 34.7 Å². The van der Waals surface area contributed by atoms with Crippen LogP contribution in [0, 0.1) is 5.92 Å². The Morgan fingerprint density at radius 2 is 2.00 bits per heavy atom. The van der Waals surface area contributed by atoms with E-state index in [1.54, 1.807) is 11.7 Å². The van der Waals surface area contributed by atoms with E-state index in [1.807, 2.05) is 0 Å². The van der Waals surface area contributed by atoms with Crippen LogP contribution in [0.4, 0.5) is 13.2 Å². The molecule has 2 atom stereocenters. The molecule has 21 heavy (non-hydrogen) atoms. The summed E-state index contributed by atoms with van der Waals surface area (Å²) in [6, 6.07) is 0. The first kappa shape index (κ1) is 16.2. The maximum Gasteiger partial charge on any atom is 0.392 e. The predicted octanol–water partition coefficient (Wildman–Crippen LogP) is 2.22. The normalized spacial score (nSPS) is 23.5. The zero-order valence-corrected chi connectivity index (χ0v) is 12.1. The van der Waals surface area contributed by atoms with Gasteiger partial charge in [-0.3, -0.25) is 0 Å². The Kier molecular flexibility index (Phi) is 5.21. The van der Waals surface area contributed by atoms with Crippen LogP contribution < -0.4 is 5.73 Å². The maximum atomic E-state index is 13.2. The Hall–Kier alpha value is -1.15. The summed E-state index contributed by atoms with van der Waals surface area (Å²) in [6.07, 6.45) is -2.17. The van der Waals surface area contributed by atoms with Crippen LogP contribution in [0.3, 0.4) is 0 Å². The first-order chi connectivity index (χ1) is 9.99. The summed E-state index contributed by atoms with van der Waals surface area (Å²) in [7, 11) is 1.55. The highest BCUT2D eigenvalue weighted by atomic mass is 19.4. The van der Waals surface area contributed by atoms with Crippen molar-refractivity contribution in [3.8, 4) is 0 Å². The summed E-state index contributed by atoms with van der Waals surface area (Å²) in [5.74, 6) is -1.08. The molecule has 1 aliphatic rings. The molecule has 5 nitrogen and oxygen atoms in total. The van der Waals surface area contributed by atoms with Crippen molar-refractivity contribution in [1.29, 1.82) is 0 Å². The standard InChI is InChI=1S/C13H21F3N4O/c1-21-7-6-20-11(8-17)18-19-12(20)9-4-2-3-5-10(9)13(14,15)16/h9-10H,2-8,17H2,1H3. The summed E-state index contributed by atoms with van der Waals surface area (Å²) >= 11 is 0. The first-order valence-corrected chi connectivity index (χ1v) is 7.16. The fraction of sp³-hybridized carbons (Fsp3) is 0.846. The number of nitrogens with two attached hydrogens (primary N) is 1. The number of hydrogen-bond donors (Lipinski definition) is 1. The number of rotatable bonds is 5. The third-order valence-corrected chi connectivity index (χ3v) is 4.08. The Morgan fingerprint density at radius 1 is 1.29 bits per heavy atom. The molecule has 0 aromatic carbocycles. The van der Waals surface area contributed by atoms with Gasteiger partial charge >= 0.3 is 6.18 Å². The van der Waals surface area contributed by atoms with E-state index in [9.17, 15) is 13.2 Å². The van der Waals surface area contributed by atoms with E-state index in [1.165, 1.54) is 0 Å². The van der Waals surface area contributed by atoms with Gasteiger partial charge in [-0.05, 0) is 12.8 Å². The lowest BCUT2D eigenvalue weighted by Crippen LogP contribution is -2.33. The molecule has 0 radical (unpaired) electrons. The van der Waals surface area contributed by atoms with Crippen LogP contribution in [0.2, 0.25) is 0 Å². The molecule has 0 saturated heterocycles. The third-order valence-electron chi connectivity index (χ3n) is 4.08. The summed E-state index contributed by atoms with van der Waals surface area (Å²) in [4.78, 5) is 0. The average molecular weight is 306 g/mol. The first-order valence-electron chi connectivity index (χ1n) is 7.16. The molecule has 0 amide bonds. The number of halogens is 3. The number of hydrogen-bond acceptors (Lipinski definition) is 4. The lowest BCUT2D eigenvalue weighted by molar-refractivity contribution is -0.188. The molecule has 2 rings (SSSR count). The molecule has 0 aliphatic heterocycles. The van der Waals surface area contributed by atoms with E-state index in [0.29, 0.717) is 37.6 Å². The van der Waals surface area contributed by atoms with Crippen LogP contribution in [-0.2, 0) is 17.8 Å². The highest BCUT2D eigenvalue weighted by Crippen LogP contribution is 2.45. The van der Waals surface area contributed by atoms with Gasteiger partial charge in [-0.2, -0.15) is 13.2 Å². The second-order valence-corrected chi connectivity index (χ2v) is 5.36. The zero-order chi connectivity index (χ0) is 15.5. The molecular formula is C13H21F3N4O. The lowest BCUT2D eigenvalue weighted by atomic mass is 9.78. The van der Waals surface area contributed by atoms with Crippen molar-refractivity contribution in [2.24, 2.45) is 11.7 Å². The lowest BCUT2D eigenvalue weighted by Gasteiger charge is -2.32. The molecule has 1 aromatic heterocycles. The summed E-state index contributed by atoms with van der Waals surface area (Å²) < 4.78 is 46.4. The molecule has 1 heterocycles. The fourth-order valence-electron chi connectivity index (χ4n) is 3.03. The van der Waals surface area contributed by atoms with Crippen LogP contribution in [0.1, 0.15) is 43.3 Å². The molecule has 120 valence electrons. The van der Waals surface area contributed by atoms with Gasteiger partial charge < -0.3 is 15.0 Å². The van der Waals surface area contributed by atoms with Gasteiger partial charge in [0.15, 0.2) is 0 Å². The van der Waals surface area contributed by atoms with E-state index in [4.69, 9.17) is 10.5 Å². The van der Waals surface area contributed by atoms with E-state index < -0.39 is 18.0 Å². The van der Waals surface area contributed by atoms with Crippen molar-refractivity contribution in [1.82, 2.24) is 14.8 Å². The third kappa shape index (κ3) is 3.55. The molecule has 2 N–H and O–H groups in total. The Balaban J connectivity index is 2.31. The van der Waals surface area contributed by atoms with E-state index in [-0.39, 0.29) is 13.0 Å². The molecule has 1 saturated carbocycles. The Morgan fingerprint density at radius 3 is 2.62 bits per heavy atom. The number of nitrogens with zero attached hydrogens (tertiary/aromatic N) is 3. The molecule has 2 unspecified atom stereocenters. The van der Waals surface area contributed by atoms with Crippen molar-refractivity contribution >= 4 is 0 Å². The van der Waals surface area contributed by atoms with Gasteiger partial charge in [-0.15, -0.1) is 10.2 Å². The van der Waals surface area contributed by atoms with Gasteiger partial charge in [0, 0.05) is 19.6 Å². The maximum absolute atomic E-state index is 13.2. The smallest absolute Gasteiger partial charge is 0.383 e. The fourth-order valence-corrected chi connectivity index (χ4v) is 3.03. The molecular weight excluding hydrogens is 285 g/mol. The largest absolute Gasteiger partial charge is 0.392 e. The Bertz CT molecular complexity index is 461. The predicted molar refractivity (Wildman–Crippen MR) is 70.5 cm³/mol. The second kappa shape index (κ2) is 6.74. The second-order valence-electron chi connectivity index (χ2n) is 5.36. The minimum Gasteiger partial charge on any atom is -0.383 e. The van der Waals surface area contributed by atoms with Gasteiger partial charge in [0.1, 0.15) is 11.6 Å². The van der Waals surface area contributed by atoms with Crippen molar-refractivity contribution < 1.29 is 17.9 Å². The monoisotopic (exact) mass is 306 g/mol. The topological polar surface area (TPSA) is 66.0 Å². The van der Waals surface area contributed by atoms with Gasteiger partial charge in [0.2, 0.25) is 0 Å². The summed E-state index contributed by atoms with van der Waals surface area (Å²) in [5, 5.41) is 7.95. The highest BCUT2D eigenvalue weighted by molar-refractivity contribution is 5.07. The average Bonchev–Trinajstić information content (AvgIpc) is 2.86. The van der Waals surface area contributed by atoms with Gasteiger partial charge in [-0.25, -0.2) is 0 Å². The molecule has 0 spiro atoms. The highest BCUT2D eigenvalue weighted by Gasteiger charge is 2.47. The van der Waals surface area contributed by atoms with Gasteiger partial charge in [-0.1, -0.05) is 12.8 Å². The van der Waals surface area contributed by atoms with Crippen LogP contribution in [0.5, 0.6) is 0 Å². The molecule has 8 heteroatoms. The zero-order valence-electron chi connectivity index (χ0n) is 12.1. The SMILES string of the molecule is COCCn1c(CN)nnc1C1CCCCC1C(F)(F)F. The number of methoxy groups -OCH3 is 1. The van der Waals surface area contributed by atoms with Crippen molar-refractivity contribution in [2.45, 2.75) is 50.9 Å². The number of alkyl halides is 3. The number of ether oxygens (including phenoxy) is 1. The minimum atomic E-state index is -4.20. The molecule has 1 aliphatic carbocycles. The van der Waals surface area contributed by atoms with E-state index >= 15 is 0 Å².